The third-order valence-electron chi connectivity index (χ3n) is 4.51. The Labute approximate surface area is 151 Å². The Hall–Kier alpha value is -2.89. The van der Waals surface area contributed by atoms with E-state index in [1.165, 1.54) is 18.2 Å². The monoisotopic (exact) mass is 356 g/mol. The molecule has 0 aliphatic carbocycles. The zero-order valence-corrected chi connectivity index (χ0v) is 14.4. The van der Waals surface area contributed by atoms with Gasteiger partial charge in [-0.05, 0) is 49.1 Å². The molecule has 0 atom stereocenters. The Morgan fingerprint density at radius 3 is 2.65 bits per heavy atom. The van der Waals surface area contributed by atoms with Crippen LogP contribution in [0.5, 0.6) is 0 Å². The number of carbonyl (C=O) groups is 2. The van der Waals surface area contributed by atoms with Crippen molar-refractivity contribution in [2.24, 2.45) is 5.92 Å². The lowest BCUT2D eigenvalue weighted by atomic mass is 9.96. The highest BCUT2D eigenvalue weighted by Gasteiger charge is 2.25. The first kappa shape index (κ1) is 17.9. The molecule has 1 N–H and O–H groups in total. The van der Waals surface area contributed by atoms with Crippen molar-refractivity contribution >= 4 is 17.9 Å². The quantitative estimate of drug-likeness (QED) is 0.838. The summed E-state index contributed by atoms with van der Waals surface area (Å²) in [4.78, 5) is 25.9. The van der Waals surface area contributed by atoms with Crippen LogP contribution in [0.1, 0.15) is 29.0 Å². The molecular weight excluding hydrogens is 335 g/mol. The van der Waals surface area contributed by atoms with Crippen LogP contribution in [0.15, 0.2) is 53.2 Å². The van der Waals surface area contributed by atoms with E-state index in [1.807, 2.05) is 0 Å². The van der Waals surface area contributed by atoms with Crippen molar-refractivity contribution in [2.75, 3.05) is 19.6 Å². The number of likely N-dealkylation sites (tertiary alicyclic amines) is 1. The molecule has 0 saturated carbocycles. The summed E-state index contributed by atoms with van der Waals surface area (Å²) in [6, 6.07) is 9.57. The van der Waals surface area contributed by atoms with E-state index in [9.17, 15) is 14.0 Å². The van der Waals surface area contributed by atoms with Crippen LogP contribution < -0.4 is 5.32 Å². The summed E-state index contributed by atoms with van der Waals surface area (Å²) in [6.07, 6.45) is 6.17. The van der Waals surface area contributed by atoms with Gasteiger partial charge in [0.15, 0.2) is 0 Å². The highest BCUT2D eigenvalue weighted by atomic mass is 19.1. The Morgan fingerprint density at radius 2 is 1.96 bits per heavy atom. The van der Waals surface area contributed by atoms with E-state index >= 15 is 0 Å². The smallest absolute Gasteiger partial charge is 0.256 e. The number of nitrogens with zero attached hydrogens (tertiary/aromatic N) is 1. The second-order valence-corrected chi connectivity index (χ2v) is 6.31. The van der Waals surface area contributed by atoms with Gasteiger partial charge in [-0.2, -0.15) is 0 Å². The van der Waals surface area contributed by atoms with Crippen molar-refractivity contribution in [3.63, 3.8) is 0 Å². The molecule has 2 amide bonds. The molecule has 2 heterocycles. The number of carbonyl (C=O) groups excluding carboxylic acids is 2. The number of furan rings is 1. The van der Waals surface area contributed by atoms with Gasteiger partial charge in [-0.15, -0.1) is 0 Å². The maximum atomic E-state index is 13.7. The molecule has 1 aromatic heterocycles. The molecule has 6 heteroatoms. The molecule has 5 nitrogen and oxygen atoms in total. The maximum absolute atomic E-state index is 13.7. The van der Waals surface area contributed by atoms with Gasteiger partial charge in [0.1, 0.15) is 11.6 Å². The number of halogens is 1. The predicted molar refractivity (Wildman–Crippen MR) is 95.8 cm³/mol. The molecule has 2 aromatic rings. The molecule has 26 heavy (non-hydrogen) atoms. The molecule has 136 valence electrons. The number of nitrogens with one attached hydrogen (secondary N) is 1. The zero-order valence-electron chi connectivity index (χ0n) is 14.4. The van der Waals surface area contributed by atoms with Gasteiger partial charge in [0.25, 0.3) is 5.91 Å². The average molecular weight is 356 g/mol. The molecule has 1 saturated heterocycles. The van der Waals surface area contributed by atoms with Gasteiger partial charge in [-0.3, -0.25) is 9.59 Å². The van der Waals surface area contributed by atoms with E-state index in [0.717, 1.165) is 12.8 Å². The first-order valence-electron chi connectivity index (χ1n) is 8.66. The fourth-order valence-electron chi connectivity index (χ4n) is 2.99. The summed E-state index contributed by atoms with van der Waals surface area (Å²) in [5, 5.41) is 2.87. The Morgan fingerprint density at radius 1 is 1.19 bits per heavy atom. The molecule has 0 spiro atoms. The Bertz CT molecular complexity index is 778. The van der Waals surface area contributed by atoms with E-state index in [0.29, 0.717) is 31.3 Å². The normalized spacial score (nSPS) is 15.3. The van der Waals surface area contributed by atoms with E-state index < -0.39 is 5.82 Å². The first-order valence-corrected chi connectivity index (χ1v) is 8.66. The molecule has 1 fully saturated rings. The summed E-state index contributed by atoms with van der Waals surface area (Å²) < 4.78 is 18.9. The number of rotatable bonds is 5. The average Bonchev–Trinajstić information content (AvgIpc) is 3.18. The fourth-order valence-corrected chi connectivity index (χ4v) is 2.99. The van der Waals surface area contributed by atoms with Crippen LogP contribution in [0.25, 0.3) is 6.08 Å². The molecule has 1 aromatic carbocycles. The van der Waals surface area contributed by atoms with Gasteiger partial charge in [0.2, 0.25) is 5.91 Å². The van der Waals surface area contributed by atoms with Crippen LogP contribution in [-0.4, -0.2) is 36.3 Å². The largest absolute Gasteiger partial charge is 0.465 e. The lowest BCUT2D eigenvalue weighted by molar-refractivity contribution is -0.116. The number of hydrogen-bond donors (Lipinski definition) is 1. The summed E-state index contributed by atoms with van der Waals surface area (Å²) in [5.74, 6) is -0.00536. The van der Waals surface area contributed by atoms with Crippen LogP contribution in [0.4, 0.5) is 4.39 Å². The van der Waals surface area contributed by atoms with Gasteiger partial charge in [0.05, 0.1) is 11.8 Å². The van der Waals surface area contributed by atoms with Gasteiger partial charge in [-0.25, -0.2) is 4.39 Å². The van der Waals surface area contributed by atoms with Crippen molar-refractivity contribution < 1.29 is 18.4 Å². The Kier molecular flexibility index (Phi) is 5.84. The van der Waals surface area contributed by atoms with Crippen LogP contribution in [0, 0.1) is 11.7 Å². The van der Waals surface area contributed by atoms with E-state index in [4.69, 9.17) is 4.42 Å². The fraction of sp³-hybridized carbons (Fsp3) is 0.300. The minimum Gasteiger partial charge on any atom is -0.465 e. The molecule has 1 aliphatic heterocycles. The summed E-state index contributed by atoms with van der Waals surface area (Å²) in [6.45, 7) is 1.69. The summed E-state index contributed by atoms with van der Waals surface area (Å²) in [7, 11) is 0. The molecule has 3 rings (SSSR count). The van der Waals surface area contributed by atoms with Crippen LogP contribution >= 0.6 is 0 Å². The lowest BCUT2D eigenvalue weighted by Gasteiger charge is -2.32. The van der Waals surface area contributed by atoms with Crippen LogP contribution in [-0.2, 0) is 4.79 Å². The maximum Gasteiger partial charge on any atom is 0.256 e. The lowest BCUT2D eigenvalue weighted by Crippen LogP contribution is -2.41. The molecule has 0 bridgehead atoms. The third-order valence-corrected chi connectivity index (χ3v) is 4.51. The second-order valence-electron chi connectivity index (χ2n) is 6.31. The van der Waals surface area contributed by atoms with E-state index in [1.54, 1.807) is 41.5 Å². The summed E-state index contributed by atoms with van der Waals surface area (Å²) in [5.41, 5.74) is 0.113. The van der Waals surface area contributed by atoms with E-state index in [-0.39, 0.29) is 17.4 Å². The standard InChI is InChI=1S/C20H21FN2O3/c21-18-6-2-1-5-17(18)20(25)23-11-9-15(10-12-23)14-22-19(24)8-7-16-4-3-13-26-16/h1-8,13,15H,9-12,14H2,(H,22,24)/b8-7+. The minimum absolute atomic E-state index is 0.113. The van der Waals surface area contributed by atoms with Gasteiger partial charge < -0.3 is 14.6 Å². The van der Waals surface area contributed by atoms with Crippen molar-refractivity contribution in [1.82, 2.24) is 10.2 Å². The molecule has 1 aliphatic rings. The zero-order chi connectivity index (χ0) is 18.4. The highest BCUT2D eigenvalue weighted by molar-refractivity contribution is 5.94. The molecule has 0 radical (unpaired) electrons. The van der Waals surface area contributed by atoms with Crippen molar-refractivity contribution in [3.8, 4) is 0 Å². The van der Waals surface area contributed by atoms with Crippen molar-refractivity contribution in [2.45, 2.75) is 12.8 Å². The number of hydrogen-bond acceptors (Lipinski definition) is 3. The van der Waals surface area contributed by atoms with E-state index in [2.05, 4.69) is 5.32 Å². The van der Waals surface area contributed by atoms with Gasteiger partial charge in [-0.1, -0.05) is 12.1 Å². The SMILES string of the molecule is O=C(/C=C/c1ccco1)NCC1CCN(C(=O)c2ccccc2F)CC1. The second kappa shape index (κ2) is 8.47. The topological polar surface area (TPSA) is 62.6 Å². The number of piperidine rings is 1. The molecule has 0 unspecified atom stereocenters. The molecular formula is C20H21FN2O3. The summed E-state index contributed by atoms with van der Waals surface area (Å²) >= 11 is 0. The van der Waals surface area contributed by atoms with Crippen LogP contribution in [0.3, 0.4) is 0 Å². The van der Waals surface area contributed by atoms with Gasteiger partial charge >= 0.3 is 0 Å². The van der Waals surface area contributed by atoms with Gasteiger partial charge in [0, 0.05) is 25.7 Å². The third kappa shape index (κ3) is 4.59. The van der Waals surface area contributed by atoms with Crippen molar-refractivity contribution in [3.05, 3.63) is 65.9 Å². The number of amides is 2. The predicted octanol–water partition coefficient (Wildman–Crippen LogP) is 3.10. The minimum atomic E-state index is -0.491. The highest BCUT2D eigenvalue weighted by Crippen LogP contribution is 2.19. The van der Waals surface area contributed by atoms with Crippen molar-refractivity contribution in [1.29, 1.82) is 0 Å². The Balaban J connectivity index is 1.43. The first-order chi connectivity index (χ1) is 12.6. The van der Waals surface area contributed by atoms with Crippen LogP contribution in [0.2, 0.25) is 0 Å². The number of benzene rings is 1.